The molecule has 21 heavy (non-hydrogen) atoms. The second-order valence-corrected chi connectivity index (χ2v) is 4.89. The van der Waals surface area contributed by atoms with Gasteiger partial charge in [0.2, 0.25) is 0 Å². The van der Waals surface area contributed by atoms with E-state index in [1.165, 1.54) is 0 Å². The number of rotatable bonds is 4. The first-order valence-corrected chi connectivity index (χ1v) is 6.85. The molecule has 3 aromatic rings. The average Bonchev–Trinajstić information content (AvgIpc) is 2.92. The normalized spacial score (nSPS) is 10.6. The van der Waals surface area contributed by atoms with Crippen molar-refractivity contribution < 1.29 is 0 Å². The van der Waals surface area contributed by atoms with Gasteiger partial charge in [-0.1, -0.05) is 12.1 Å². The summed E-state index contributed by atoms with van der Waals surface area (Å²) in [6.45, 7) is 4.64. The van der Waals surface area contributed by atoms with Crippen molar-refractivity contribution in [2.24, 2.45) is 0 Å². The van der Waals surface area contributed by atoms with Crippen LogP contribution in [0.25, 0.3) is 5.82 Å². The van der Waals surface area contributed by atoms with Crippen LogP contribution >= 0.6 is 0 Å². The number of aromatic nitrogens is 4. The largest absolute Gasteiger partial charge is 0.366 e. The Balaban J connectivity index is 1.69. The smallest absolute Gasteiger partial charge is 0.137 e. The lowest BCUT2D eigenvalue weighted by Crippen LogP contribution is -2.04. The maximum Gasteiger partial charge on any atom is 0.137 e. The highest BCUT2D eigenvalue weighted by atomic mass is 15.1. The van der Waals surface area contributed by atoms with Gasteiger partial charge in [0.05, 0.1) is 0 Å². The number of aryl methyl sites for hydroxylation is 2. The molecule has 0 saturated heterocycles. The van der Waals surface area contributed by atoms with Gasteiger partial charge in [-0.05, 0) is 37.6 Å². The fourth-order valence-corrected chi connectivity index (χ4v) is 2.12. The van der Waals surface area contributed by atoms with Crippen molar-refractivity contribution in [1.29, 1.82) is 0 Å². The molecule has 0 saturated carbocycles. The molecule has 5 nitrogen and oxygen atoms in total. The molecule has 0 amide bonds. The number of anilines is 1. The van der Waals surface area contributed by atoms with Gasteiger partial charge in [0.25, 0.3) is 0 Å². The third-order valence-electron chi connectivity index (χ3n) is 3.24. The van der Waals surface area contributed by atoms with Crippen LogP contribution in [0.1, 0.15) is 17.1 Å². The second-order valence-electron chi connectivity index (χ2n) is 4.89. The molecule has 0 aliphatic carbocycles. The van der Waals surface area contributed by atoms with Crippen molar-refractivity contribution in [2.45, 2.75) is 20.4 Å². The van der Waals surface area contributed by atoms with E-state index in [0.29, 0.717) is 6.54 Å². The van der Waals surface area contributed by atoms with E-state index in [1.807, 2.05) is 55.1 Å². The van der Waals surface area contributed by atoms with Crippen molar-refractivity contribution in [3.05, 3.63) is 66.0 Å². The predicted molar refractivity (Wildman–Crippen MR) is 82.4 cm³/mol. The average molecular weight is 279 g/mol. The molecule has 3 rings (SSSR count). The van der Waals surface area contributed by atoms with Gasteiger partial charge < -0.3 is 5.32 Å². The summed E-state index contributed by atoms with van der Waals surface area (Å²) in [7, 11) is 0. The Morgan fingerprint density at radius 1 is 1.10 bits per heavy atom. The van der Waals surface area contributed by atoms with Crippen LogP contribution in [0.2, 0.25) is 0 Å². The highest BCUT2D eigenvalue weighted by Crippen LogP contribution is 2.10. The molecule has 0 aliphatic rings. The molecule has 0 unspecified atom stereocenters. The SMILES string of the molecule is Cc1cccc(NCc2ccc(-n3ccnc3C)nc2)n1. The Morgan fingerprint density at radius 2 is 2.00 bits per heavy atom. The highest BCUT2D eigenvalue weighted by Gasteiger charge is 2.02. The molecule has 0 bridgehead atoms. The van der Waals surface area contributed by atoms with Crippen molar-refractivity contribution in [3.63, 3.8) is 0 Å². The maximum atomic E-state index is 4.47. The summed E-state index contributed by atoms with van der Waals surface area (Å²) in [4.78, 5) is 13.1. The zero-order valence-electron chi connectivity index (χ0n) is 12.1. The summed E-state index contributed by atoms with van der Waals surface area (Å²) in [5, 5.41) is 3.30. The van der Waals surface area contributed by atoms with Crippen LogP contribution < -0.4 is 5.32 Å². The van der Waals surface area contributed by atoms with Gasteiger partial charge in [-0.2, -0.15) is 0 Å². The molecule has 5 heteroatoms. The lowest BCUT2D eigenvalue weighted by Gasteiger charge is -2.08. The van der Waals surface area contributed by atoms with Gasteiger partial charge in [0, 0.05) is 30.8 Å². The lowest BCUT2D eigenvalue weighted by atomic mass is 10.2. The van der Waals surface area contributed by atoms with Crippen molar-refractivity contribution in [1.82, 2.24) is 19.5 Å². The van der Waals surface area contributed by atoms with Crippen LogP contribution in [0.5, 0.6) is 0 Å². The van der Waals surface area contributed by atoms with E-state index in [1.54, 1.807) is 6.20 Å². The van der Waals surface area contributed by atoms with Crippen LogP contribution in [-0.2, 0) is 6.54 Å². The first kappa shape index (κ1) is 13.3. The van der Waals surface area contributed by atoms with E-state index >= 15 is 0 Å². The van der Waals surface area contributed by atoms with E-state index in [0.717, 1.165) is 28.7 Å². The zero-order valence-corrected chi connectivity index (χ0v) is 12.1. The highest BCUT2D eigenvalue weighted by molar-refractivity contribution is 5.36. The van der Waals surface area contributed by atoms with Gasteiger partial charge in [-0.25, -0.2) is 15.0 Å². The van der Waals surface area contributed by atoms with E-state index in [-0.39, 0.29) is 0 Å². The molecule has 3 heterocycles. The predicted octanol–water partition coefficient (Wildman–Crippen LogP) is 2.89. The monoisotopic (exact) mass is 279 g/mol. The van der Waals surface area contributed by atoms with Crippen LogP contribution in [0.4, 0.5) is 5.82 Å². The van der Waals surface area contributed by atoms with Gasteiger partial charge in [0.1, 0.15) is 17.5 Å². The standard InChI is InChI=1S/C16H17N5/c1-12-4-3-5-15(20-12)18-10-14-6-7-16(19-11-14)21-9-8-17-13(21)2/h3-9,11H,10H2,1-2H3,(H,18,20). The fraction of sp³-hybridized carbons (Fsp3) is 0.188. The zero-order chi connectivity index (χ0) is 14.7. The number of imidazole rings is 1. The van der Waals surface area contributed by atoms with Crippen LogP contribution in [0.3, 0.4) is 0 Å². The van der Waals surface area contributed by atoms with E-state index in [4.69, 9.17) is 0 Å². The Bertz CT molecular complexity index is 730. The third-order valence-corrected chi connectivity index (χ3v) is 3.24. The molecule has 106 valence electrons. The first-order valence-electron chi connectivity index (χ1n) is 6.85. The molecule has 1 N–H and O–H groups in total. The summed E-state index contributed by atoms with van der Waals surface area (Å²) < 4.78 is 1.96. The minimum absolute atomic E-state index is 0.701. The minimum atomic E-state index is 0.701. The Labute approximate surface area is 123 Å². The lowest BCUT2D eigenvalue weighted by molar-refractivity contribution is 0.925. The van der Waals surface area contributed by atoms with Gasteiger partial charge in [-0.15, -0.1) is 0 Å². The summed E-state index contributed by atoms with van der Waals surface area (Å²) in [5.41, 5.74) is 2.11. The molecule has 0 aliphatic heterocycles. The third kappa shape index (κ3) is 3.08. The van der Waals surface area contributed by atoms with E-state index in [9.17, 15) is 0 Å². The van der Waals surface area contributed by atoms with Gasteiger partial charge >= 0.3 is 0 Å². The maximum absolute atomic E-state index is 4.47. The number of nitrogens with zero attached hydrogens (tertiary/aromatic N) is 4. The Morgan fingerprint density at radius 3 is 2.67 bits per heavy atom. The quantitative estimate of drug-likeness (QED) is 0.798. The topological polar surface area (TPSA) is 55.6 Å². The van der Waals surface area contributed by atoms with Crippen molar-refractivity contribution >= 4 is 5.82 Å². The second kappa shape index (κ2) is 5.75. The molecule has 3 aromatic heterocycles. The van der Waals surface area contributed by atoms with Crippen LogP contribution in [0, 0.1) is 13.8 Å². The molecular weight excluding hydrogens is 262 g/mol. The van der Waals surface area contributed by atoms with Crippen molar-refractivity contribution in [2.75, 3.05) is 5.32 Å². The van der Waals surface area contributed by atoms with Crippen LogP contribution in [-0.4, -0.2) is 19.5 Å². The summed E-state index contributed by atoms with van der Waals surface area (Å²) >= 11 is 0. The van der Waals surface area contributed by atoms with Gasteiger partial charge in [-0.3, -0.25) is 4.57 Å². The Kier molecular flexibility index (Phi) is 3.64. The number of hydrogen-bond donors (Lipinski definition) is 1. The Hall–Kier alpha value is -2.69. The molecule has 0 fully saturated rings. The number of pyridine rings is 2. The summed E-state index contributed by atoms with van der Waals surface area (Å²) in [5.74, 6) is 2.68. The molecule has 0 aromatic carbocycles. The van der Waals surface area contributed by atoms with E-state index < -0.39 is 0 Å². The minimum Gasteiger partial charge on any atom is -0.366 e. The number of nitrogens with one attached hydrogen (secondary N) is 1. The van der Waals surface area contributed by atoms with Crippen LogP contribution in [0.15, 0.2) is 48.9 Å². The van der Waals surface area contributed by atoms with E-state index in [2.05, 4.69) is 26.3 Å². The summed E-state index contributed by atoms with van der Waals surface area (Å²) in [6.07, 6.45) is 5.56. The first-order chi connectivity index (χ1) is 10.2. The fourth-order valence-electron chi connectivity index (χ4n) is 2.12. The molecular formula is C16H17N5. The van der Waals surface area contributed by atoms with Gasteiger partial charge in [0.15, 0.2) is 0 Å². The molecule has 0 radical (unpaired) electrons. The number of hydrogen-bond acceptors (Lipinski definition) is 4. The molecule has 0 atom stereocenters. The molecule has 0 spiro atoms. The van der Waals surface area contributed by atoms with Crippen molar-refractivity contribution in [3.8, 4) is 5.82 Å². The summed E-state index contributed by atoms with van der Waals surface area (Å²) in [6, 6.07) is 9.99.